The van der Waals surface area contributed by atoms with Crippen molar-refractivity contribution in [3.63, 3.8) is 0 Å². The van der Waals surface area contributed by atoms with Crippen LogP contribution in [0.5, 0.6) is 5.75 Å². The summed E-state index contributed by atoms with van der Waals surface area (Å²) in [6.07, 6.45) is 0.712. The van der Waals surface area contributed by atoms with E-state index in [-0.39, 0.29) is 30.4 Å². The van der Waals surface area contributed by atoms with E-state index in [2.05, 4.69) is 27.8 Å². The fourth-order valence-electron chi connectivity index (χ4n) is 3.56. The highest BCUT2D eigenvalue weighted by Crippen LogP contribution is 2.23. The van der Waals surface area contributed by atoms with Crippen molar-refractivity contribution in [2.75, 3.05) is 19.7 Å². The molecule has 5 nitrogen and oxygen atoms in total. The number of rotatable bonds is 6. The Hall–Kier alpha value is -2.25. The standard InChI is InChI=1S/C22H24BrFN2O3/c1-15-11-26(16(2)10-25(15)12-17-3-6-20(24)7-4-17)22(28)14-29-21-8-5-19(23)9-18(21)13-27/h3-9,13,15-16H,10-12,14H2,1-2H3/t15-,16+/m0/s1. The number of halogens is 2. The van der Waals surface area contributed by atoms with Crippen LogP contribution < -0.4 is 4.74 Å². The van der Waals surface area contributed by atoms with Crippen LogP contribution in [0.4, 0.5) is 4.39 Å². The van der Waals surface area contributed by atoms with E-state index >= 15 is 0 Å². The van der Waals surface area contributed by atoms with Gasteiger partial charge in [-0.1, -0.05) is 28.1 Å². The average molecular weight is 463 g/mol. The molecule has 1 aliphatic rings. The summed E-state index contributed by atoms with van der Waals surface area (Å²) in [5, 5.41) is 0. The topological polar surface area (TPSA) is 49.9 Å². The third kappa shape index (κ3) is 5.42. The monoisotopic (exact) mass is 462 g/mol. The highest BCUT2D eigenvalue weighted by molar-refractivity contribution is 9.10. The number of ether oxygens (including phenoxy) is 1. The SMILES string of the molecule is C[C@@H]1CN(Cc2ccc(F)cc2)[C@@H](C)CN1C(=O)COc1ccc(Br)cc1C=O. The normalized spacial score (nSPS) is 19.8. The molecule has 0 saturated carbocycles. The zero-order chi connectivity index (χ0) is 21.0. The summed E-state index contributed by atoms with van der Waals surface area (Å²) in [6, 6.07) is 11.8. The van der Waals surface area contributed by atoms with Gasteiger partial charge in [-0.05, 0) is 49.7 Å². The second kappa shape index (κ2) is 9.50. The van der Waals surface area contributed by atoms with E-state index in [1.165, 1.54) is 12.1 Å². The van der Waals surface area contributed by atoms with Gasteiger partial charge in [0.2, 0.25) is 0 Å². The number of aldehydes is 1. The quantitative estimate of drug-likeness (QED) is 0.610. The molecule has 1 heterocycles. The van der Waals surface area contributed by atoms with Crippen LogP contribution in [0.2, 0.25) is 0 Å². The minimum absolute atomic E-state index is 0.0261. The van der Waals surface area contributed by atoms with Gasteiger partial charge in [-0.25, -0.2) is 4.39 Å². The minimum Gasteiger partial charge on any atom is -0.483 e. The van der Waals surface area contributed by atoms with Crippen molar-refractivity contribution in [1.29, 1.82) is 0 Å². The summed E-state index contributed by atoms with van der Waals surface area (Å²) in [4.78, 5) is 28.1. The summed E-state index contributed by atoms with van der Waals surface area (Å²) in [6.45, 7) is 6.00. The van der Waals surface area contributed by atoms with E-state index in [0.29, 0.717) is 30.7 Å². The van der Waals surface area contributed by atoms with Gasteiger partial charge >= 0.3 is 0 Å². The molecule has 2 aromatic carbocycles. The number of hydrogen-bond acceptors (Lipinski definition) is 4. The number of amides is 1. The van der Waals surface area contributed by atoms with E-state index in [1.54, 1.807) is 30.3 Å². The molecule has 0 aliphatic carbocycles. The van der Waals surface area contributed by atoms with Gasteiger partial charge in [0.15, 0.2) is 12.9 Å². The number of piperazine rings is 1. The summed E-state index contributed by atoms with van der Waals surface area (Å²) in [5.74, 6) is 0.0480. The van der Waals surface area contributed by atoms with Crippen molar-refractivity contribution in [3.8, 4) is 5.75 Å². The molecule has 0 unspecified atom stereocenters. The van der Waals surface area contributed by atoms with Gasteiger partial charge in [0, 0.05) is 36.2 Å². The zero-order valence-electron chi connectivity index (χ0n) is 16.5. The fourth-order valence-corrected chi connectivity index (χ4v) is 3.93. The van der Waals surface area contributed by atoms with E-state index < -0.39 is 0 Å². The van der Waals surface area contributed by atoms with E-state index in [4.69, 9.17) is 4.74 Å². The first-order valence-corrected chi connectivity index (χ1v) is 10.3. The molecule has 1 aliphatic heterocycles. The number of benzene rings is 2. The molecule has 154 valence electrons. The number of hydrogen-bond donors (Lipinski definition) is 0. The molecule has 1 saturated heterocycles. The van der Waals surface area contributed by atoms with Crippen LogP contribution >= 0.6 is 15.9 Å². The fraction of sp³-hybridized carbons (Fsp3) is 0.364. The molecule has 7 heteroatoms. The lowest BCUT2D eigenvalue weighted by atomic mass is 10.1. The van der Waals surface area contributed by atoms with E-state index in [9.17, 15) is 14.0 Å². The van der Waals surface area contributed by atoms with Gasteiger partial charge in [0.05, 0.1) is 5.56 Å². The van der Waals surface area contributed by atoms with Gasteiger partial charge in [0.25, 0.3) is 5.91 Å². The van der Waals surface area contributed by atoms with E-state index in [0.717, 1.165) is 16.6 Å². The molecule has 1 fully saturated rings. The van der Waals surface area contributed by atoms with Crippen LogP contribution in [-0.2, 0) is 11.3 Å². The third-order valence-electron chi connectivity index (χ3n) is 5.18. The lowest BCUT2D eigenvalue weighted by Gasteiger charge is -2.44. The summed E-state index contributed by atoms with van der Waals surface area (Å²) in [5.41, 5.74) is 1.45. The Balaban J connectivity index is 1.58. The number of carbonyl (C=O) groups is 2. The Kier molecular flexibility index (Phi) is 7.03. The van der Waals surface area contributed by atoms with Gasteiger partial charge < -0.3 is 9.64 Å². The molecular weight excluding hydrogens is 439 g/mol. The van der Waals surface area contributed by atoms with E-state index in [1.807, 2.05) is 11.8 Å². The Morgan fingerprint density at radius 3 is 2.59 bits per heavy atom. The predicted molar refractivity (Wildman–Crippen MR) is 112 cm³/mol. The molecule has 29 heavy (non-hydrogen) atoms. The molecule has 0 spiro atoms. The molecule has 2 atom stereocenters. The summed E-state index contributed by atoms with van der Waals surface area (Å²) < 4.78 is 19.5. The second-order valence-electron chi connectivity index (χ2n) is 7.39. The van der Waals surface area contributed by atoms with Crippen LogP contribution in [0.15, 0.2) is 46.9 Å². The summed E-state index contributed by atoms with van der Waals surface area (Å²) >= 11 is 3.31. The van der Waals surface area contributed by atoms with Crippen LogP contribution in [0.25, 0.3) is 0 Å². The first-order valence-electron chi connectivity index (χ1n) is 9.53. The highest BCUT2D eigenvalue weighted by Gasteiger charge is 2.32. The van der Waals surface area contributed by atoms with Crippen molar-refractivity contribution in [1.82, 2.24) is 9.80 Å². The first kappa shape index (κ1) is 21.5. The molecule has 0 N–H and O–H groups in total. The van der Waals surface area contributed by atoms with Crippen molar-refractivity contribution in [2.24, 2.45) is 0 Å². The van der Waals surface area contributed by atoms with Crippen molar-refractivity contribution < 1.29 is 18.7 Å². The maximum atomic E-state index is 13.1. The van der Waals surface area contributed by atoms with Crippen LogP contribution in [0, 0.1) is 5.82 Å². The lowest BCUT2D eigenvalue weighted by Crippen LogP contribution is -2.58. The highest BCUT2D eigenvalue weighted by atomic mass is 79.9. The van der Waals surface area contributed by atoms with Gasteiger partial charge in [-0.2, -0.15) is 0 Å². The molecule has 0 aromatic heterocycles. The third-order valence-corrected chi connectivity index (χ3v) is 5.68. The van der Waals surface area contributed by atoms with Crippen molar-refractivity contribution in [3.05, 3.63) is 63.9 Å². The molecule has 2 aromatic rings. The van der Waals surface area contributed by atoms with Crippen molar-refractivity contribution >= 4 is 28.1 Å². The van der Waals surface area contributed by atoms with Gasteiger partial charge in [-0.15, -0.1) is 0 Å². The second-order valence-corrected chi connectivity index (χ2v) is 8.30. The molecule has 1 amide bonds. The number of carbonyl (C=O) groups excluding carboxylic acids is 2. The van der Waals surface area contributed by atoms with Crippen LogP contribution in [0.1, 0.15) is 29.8 Å². The Morgan fingerprint density at radius 1 is 1.17 bits per heavy atom. The Morgan fingerprint density at radius 2 is 1.90 bits per heavy atom. The molecule has 3 rings (SSSR count). The maximum absolute atomic E-state index is 13.1. The lowest BCUT2D eigenvalue weighted by molar-refractivity contribution is -0.139. The summed E-state index contributed by atoms with van der Waals surface area (Å²) in [7, 11) is 0. The van der Waals surface area contributed by atoms with Crippen LogP contribution in [0.3, 0.4) is 0 Å². The van der Waals surface area contributed by atoms with Gasteiger partial charge in [0.1, 0.15) is 11.6 Å². The maximum Gasteiger partial charge on any atom is 0.260 e. The average Bonchev–Trinajstić information content (AvgIpc) is 2.70. The van der Waals surface area contributed by atoms with Crippen LogP contribution in [-0.4, -0.2) is 53.8 Å². The molecule has 0 radical (unpaired) electrons. The van der Waals surface area contributed by atoms with Gasteiger partial charge in [-0.3, -0.25) is 14.5 Å². The first-order chi connectivity index (χ1) is 13.9. The number of nitrogens with zero attached hydrogens (tertiary/aromatic N) is 2. The minimum atomic E-state index is -0.242. The predicted octanol–water partition coefficient (Wildman–Crippen LogP) is 3.90. The zero-order valence-corrected chi connectivity index (χ0v) is 18.1. The Bertz CT molecular complexity index is 875. The Labute approximate surface area is 178 Å². The molecule has 0 bridgehead atoms. The largest absolute Gasteiger partial charge is 0.483 e. The van der Waals surface area contributed by atoms with Crippen molar-refractivity contribution in [2.45, 2.75) is 32.5 Å². The smallest absolute Gasteiger partial charge is 0.260 e. The molecular formula is C22H24BrFN2O3.